The van der Waals surface area contributed by atoms with Gasteiger partial charge < -0.3 is 4.57 Å². The molecule has 0 spiro atoms. The van der Waals surface area contributed by atoms with Gasteiger partial charge in [-0.05, 0) is 45.2 Å². The topological polar surface area (TPSA) is 8.17 Å². The molecule has 0 aromatic carbocycles. The number of fused-ring (bicyclic) bond motifs is 1. The standard InChI is InChI=1S/C14H24N2/c1-6-12-9-11-7-8-16(14(2,3)4)10-13(11)15(12)5/h9H,6-8,10H2,1-5H3. The summed E-state index contributed by atoms with van der Waals surface area (Å²) in [6.45, 7) is 11.5. The van der Waals surface area contributed by atoms with Crippen molar-refractivity contribution in [2.75, 3.05) is 6.54 Å². The summed E-state index contributed by atoms with van der Waals surface area (Å²) in [5.41, 5.74) is 4.85. The van der Waals surface area contributed by atoms with E-state index in [2.05, 4.69) is 50.3 Å². The van der Waals surface area contributed by atoms with Crippen molar-refractivity contribution in [3.8, 4) is 0 Å². The van der Waals surface area contributed by atoms with E-state index in [9.17, 15) is 0 Å². The van der Waals surface area contributed by atoms with Crippen LogP contribution in [-0.2, 0) is 26.4 Å². The van der Waals surface area contributed by atoms with E-state index >= 15 is 0 Å². The van der Waals surface area contributed by atoms with Crippen molar-refractivity contribution in [2.45, 2.75) is 52.6 Å². The van der Waals surface area contributed by atoms with Crippen LogP contribution < -0.4 is 0 Å². The minimum Gasteiger partial charge on any atom is -0.350 e. The third-order valence-electron chi connectivity index (χ3n) is 3.85. The molecule has 2 nitrogen and oxygen atoms in total. The van der Waals surface area contributed by atoms with Gasteiger partial charge in [-0.2, -0.15) is 0 Å². The second-order valence-corrected chi connectivity index (χ2v) is 5.86. The maximum absolute atomic E-state index is 2.58. The second kappa shape index (κ2) is 3.92. The van der Waals surface area contributed by atoms with Crippen LogP contribution >= 0.6 is 0 Å². The van der Waals surface area contributed by atoms with Crippen molar-refractivity contribution in [3.05, 3.63) is 23.0 Å². The van der Waals surface area contributed by atoms with E-state index < -0.39 is 0 Å². The first kappa shape index (κ1) is 11.7. The minimum absolute atomic E-state index is 0.286. The van der Waals surface area contributed by atoms with Gasteiger partial charge in [0.05, 0.1) is 0 Å². The van der Waals surface area contributed by atoms with Gasteiger partial charge in [-0.15, -0.1) is 0 Å². The molecule has 1 aromatic rings. The maximum atomic E-state index is 2.58. The van der Waals surface area contributed by atoms with Gasteiger partial charge in [0.2, 0.25) is 0 Å². The van der Waals surface area contributed by atoms with E-state index in [1.54, 1.807) is 5.56 Å². The summed E-state index contributed by atoms with van der Waals surface area (Å²) in [7, 11) is 2.21. The molecular formula is C14H24N2. The molecule has 0 bridgehead atoms. The number of hydrogen-bond donors (Lipinski definition) is 0. The Hall–Kier alpha value is -0.760. The van der Waals surface area contributed by atoms with Crippen molar-refractivity contribution in [3.63, 3.8) is 0 Å². The van der Waals surface area contributed by atoms with E-state index in [1.165, 1.54) is 24.4 Å². The van der Waals surface area contributed by atoms with Gasteiger partial charge in [-0.25, -0.2) is 0 Å². The SMILES string of the molecule is CCc1cc2c(n1C)CN(C(C)(C)C)CC2. The Labute approximate surface area is 99.3 Å². The van der Waals surface area contributed by atoms with E-state index in [-0.39, 0.29) is 5.54 Å². The molecule has 2 heterocycles. The quantitative estimate of drug-likeness (QED) is 0.706. The van der Waals surface area contributed by atoms with Gasteiger partial charge >= 0.3 is 0 Å². The van der Waals surface area contributed by atoms with Crippen LogP contribution in [0.25, 0.3) is 0 Å². The lowest BCUT2D eigenvalue weighted by atomic mass is 9.99. The molecule has 0 fully saturated rings. The van der Waals surface area contributed by atoms with Crippen molar-refractivity contribution < 1.29 is 0 Å². The summed E-state index contributed by atoms with van der Waals surface area (Å²) in [4.78, 5) is 2.58. The normalized spacial score (nSPS) is 17.6. The molecule has 1 aliphatic heterocycles. The van der Waals surface area contributed by atoms with Crippen LogP contribution in [0.3, 0.4) is 0 Å². The lowest BCUT2D eigenvalue weighted by molar-refractivity contribution is 0.117. The lowest BCUT2D eigenvalue weighted by Crippen LogP contribution is -2.44. The monoisotopic (exact) mass is 220 g/mol. The molecule has 1 aromatic heterocycles. The summed E-state index contributed by atoms with van der Waals surface area (Å²) in [6.07, 6.45) is 2.35. The molecule has 2 heteroatoms. The Morgan fingerprint density at radius 1 is 1.31 bits per heavy atom. The highest BCUT2D eigenvalue weighted by atomic mass is 15.2. The van der Waals surface area contributed by atoms with Crippen LogP contribution in [0.5, 0.6) is 0 Å². The Balaban J connectivity index is 2.30. The second-order valence-electron chi connectivity index (χ2n) is 5.86. The summed E-state index contributed by atoms with van der Waals surface area (Å²) < 4.78 is 2.40. The first-order valence-electron chi connectivity index (χ1n) is 6.35. The molecule has 2 rings (SSSR count). The Morgan fingerprint density at radius 3 is 2.56 bits per heavy atom. The Morgan fingerprint density at radius 2 is 2.00 bits per heavy atom. The molecule has 0 unspecified atom stereocenters. The molecule has 0 saturated carbocycles. The highest BCUT2D eigenvalue weighted by Crippen LogP contribution is 2.27. The zero-order valence-corrected chi connectivity index (χ0v) is 11.3. The van der Waals surface area contributed by atoms with Crippen LogP contribution in [-0.4, -0.2) is 21.6 Å². The number of rotatable bonds is 1. The highest BCUT2D eigenvalue weighted by molar-refractivity contribution is 5.30. The molecule has 90 valence electrons. The van der Waals surface area contributed by atoms with Crippen LogP contribution in [0.15, 0.2) is 6.07 Å². The smallest absolute Gasteiger partial charge is 0.0395 e. The zero-order valence-electron chi connectivity index (χ0n) is 11.3. The third kappa shape index (κ3) is 1.91. The van der Waals surface area contributed by atoms with E-state index in [0.717, 1.165) is 13.0 Å². The molecule has 0 N–H and O–H groups in total. The Bertz CT molecular complexity index is 382. The predicted molar refractivity (Wildman–Crippen MR) is 68.7 cm³/mol. The number of nitrogens with zero attached hydrogens (tertiary/aromatic N) is 2. The van der Waals surface area contributed by atoms with E-state index in [4.69, 9.17) is 0 Å². The number of aromatic nitrogens is 1. The highest BCUT2D eigenvalue weighted by Gasteiger charge is 2.27. The first-order chi connectivity index (χ1) is 7.43. The number of aryl methyl sites for hydroxylation is 1. The van der Waals surface area contributed by atoms with Crippen LogP contribution in [0, 0.1) is 0 Å². The van der Waals surface area contributed by atoms with Crippen LogP contribution in [0.2, 0.25) is 0 Å². The summed E-state index contributed by atoms with van der Waals surface area (Å²) in [5.74, 6) is 0. The molecule has 0 aliphatic carbocycles. The van der Waals surface area contributed by atoms with Crippen molar-refractivity contribution in [2.24, 2.45) is 7.05 Å². The average Bonchev–Trinajstić information content (AvgIpc) is 2.54. The summed E-state index contributed by atoms with van der Waals surface area (Å²) >= 11 is 0. The van der Waals surface area contributed by atoms with Crippen molar-refractivity contribution in [1.82, 2.24) is 9.47 Å². The van der Waals surface area contributed by atoms with Crippen LogP contribution in [0.1, 0.15) is 44.6 Å². The van der Waals surface area contributed by atoms with Crippen molar-refractivity contribution >= 4 is 0 Å². The van der Waals surface area contributed by atoms with Gasteiger partial charge in [-0.1, -0.05) is 6.92 Å². The average molecular weight is 220 g/mol. The fourth-order valence-corrected chi connectivity index (χ4v) is 2.62. The van der Waals surface area contributed by atoms with Gasteiger partial charge in [0.25, 0.3) is 0 Å². The molecule has 0 atom stereocenters. The summed E-state index contributed by atoms with van der Waals surface area (Å²) in [5, 5.41) is 0. The van der Waals surface area contributed by atoms with E-state index in [1.807, 2.05) is 0 Å². The maximum Gasteiger partial charge on any atom is 0.0395 e. The zero-order chi connectivity index (χ0) is 11.9. The van der Waals surface area contributed by atoms with Crippen LogP contribution in [0.4, 0.5) is 0 Å². The molecule has 1 aliphatic rings. The molecule has 0 amide bonds. The fourth-order valence-electron chi connectivity index (χ4n) is 2.62. The lowest BCUT2D eigenvalue weighted by Gasteiger charge is -2.38. The molecule has 0 saturated heterocycles. The van der Waals surface area contributed by atoms with Crippen molar-refractivity contribution in [1.29, 1.82) is 0 Å². The van der Waals surface area contributed by atoms with Gasteiger partial charge in [-0.3, -0.25) is 4.90 Å². The fraction of sp³-hybridized carbons (Fsp3) is 0.714. The summed E-state index contributed by atoms with van der Waals surface area (Å²) in [6, 6.07) is 2.40. The molecular weight excluding hydrogens is 196 g/mol. The van der Waals surface area contributed by atoms with Gasteiger partial charge in [0.1, 0.15) is 0 Å². The van der Waals surface area contributed by atoms with E-state index in [0.29, 0.717) is 0 Å². The number of hydrogen-bond acceptors (Lipinski definition) is 1. The third-order valence-corrected chi connectivity index (χ3v) is 3.85. The van der Waals surface area contributed by atoms with Gasteiger partial charge in [0.15, 0.2) is 0 Å². The first-order valence-corrected chi connectivity index (χ1v) is 6.35. The van der Waals surface area contributed by atoms with Gasteiger partial charge in [0, 0.05) is 37.1 Å². The predicted octanol–water partition coefficient (Wildman–Crippen LogP) is 2.74. The minimum atomic E-state index is 0.286. The largest absolute Gasteiger partial charge is 0.350 e. The Kier molecular flexibility index (Phi) is 2.87. The molecule has 0 radical (unpaired) electrons. The molecule has 16 heavy (non-hydrogen) atoms.